The highest BCUT2D eigenvalue weighted by molar-refractivity contribution is 5.84. The third kappa shape index (κ3) is 0.937. The van der Waals surface area contributed by atoms with Gasteiger partial charge in [-0.3, -0.25) is 4.79 Å². The second-order valence-electron chi connectivity index (χ2n) is 5.40. The molecule has 0 aromatic heterocycles. The Labute approximate surface area is 84.9 Å². The number of aliphatic hydroxyl groups is 1. The van der Waals surface area contributed by atoms with Gasteiger partial charge in [0.15, 0.2) is 0 Å². The van der Waals surface area contributed by atoms with Gasteiger partial charge in [-0.15, -0.1) is 0 Å². The molecule has 2 bridgehead atoms. The zero-order valence-electron chi connectivity index (χ0n) is 9.13. The molecule has 3 nitrogen and oxygen atoms in total. The van der Waals surface area contributed by atoms with Crippen LogP contribution in [0.3, 0.4) is 0 Å². The van der Waals surface area contributed by atoms with E-state index in [9.17, 15) is 9.90 Å². The molecule has 2 aliphatic carbocycles. The molecule has 0 aromatic carbocycles. The van der Waals surface area contributed by atoms with Gasteiger partial charge in [0.25, 0.3) is 0 Å². The van der Waals surface area contributed by atoms with Gasteiger partial charge in [-0.25, -0.2) is 0 Å². The van der Waals surface area contributed by atoms with Crippen LogP contribution in [0.25, 0.3) is 0 Å². The van der Waals surface area contributed by atoms with Crippen molar-refractivity contribution in [2.75, 3.05) is 7.05 Å². The maximum atomic E-state index is 11.8. The third-order valence-corrected chi connectivity index (χ3v) is 4.51. The summed E-state index contributed by atoms with van der Waals surface area (Å²) < 4.78 is 0. The first-order valence-electron chi connectivity index (χ1n) is 5.35. The molecule has 14 heavy (non-hydrogen) atoms. The average Bonchev–Trinajstić information content (AvgIpc) is 2.66. The number of nitrogens with one attached hydrogen (secondary N) is 1. The van der Waals surface area contributed by atoms with E-state index in [0.29, 0.717) is 5.92 Å². The van der Waals surface area contributed by atoms with Gasteiger partial charge in [0.05, 0.1) is 11.5 Å². The number of hydrogen-bond donors (Lipinski definition) is 2. The SMILES string of the molecule is CNC(=O)[C@@]12CC[C@@H](C1)C(C)(C)[C@H]2O. The van der Waals surface area contributed by atoms with Crippen LogP contribution < -0.4 is 5.32 Å². The Hall–Kier alpha value is -0.570. The molecular weight excluding hydrogens is 178 g/mol. The summed E-state index contributed by atoms with van der Waals surface area (Å²) in [6.07, 6.45) is 2.31. The summed E-state index contributed by atoms with van der Waals surface area (Å²) in [7, 11) is 1.66. The van der Waals surface area contributed by atoms with E-state index in [2.05, 4.69) is 19.2 Å². The number of amides is 1. The lowest BCUT2D eigenvalue weighted by Gasteiger charge is -2.39. The highest BCUT2D eigenvalue weighted by Gasteiger charge is 2.64. The smallest absolute Gasteiger partial charge is 0.228 e. The van der Waals surface area contributed by atoms with Crippen molar-refractivity contribution < 1.29 is 9.90 Å². The lowest BCUT2D eigenvalue weighted by molar-refractivity contribution is -0.140. The molecule has 0 aromatic rings. The largest absolute Gasteiger partial charge is 0.391 e. The monoisotopic (exact) mass is 197 g/mol. The van der Waals surface area contributed by atoms with Crippen LogP contribution in [0.2, 0.25) is 0 Å². The van der Waals surface area contributed by atoms with Crippen molar-refractivity contribution in [3.63, 3.8) is 0 Å². The van der Waals surface area contributed by atoms with Crippen molar-refractivity contribution >= 4 is 5.91 Å². The summed E-state index contributed by atoms with van der Waals surface area (Å²) in [4.78, 5) is 11.8. The van der Waals surface area contributed by atoms with E-state index in [1.807, 2.05) is 0 Å². The summed E-state index contributed by atoms with van der Waals surface area (Å²) in [5.41, 5.74) is -0.576. The summed E-state index contributed by atoms with van der Waals surface area (Å²) in [5, 5.41) is 12.9. The minimum Gasteiger partial charge on any atom is -0.391 e. The van der Waals surface area contributed by atoms with Crippen LogP contribution in [0.5, 0.6) is 0 Å². The number of carbonyl (C=O) groups is 1. The summed E-state index contributed by atoms with van der Waals surface area (Å²) in [5.74, 6) is 0.535. The van der Waals surface area contributed by atoms with Crippen molar-refractivity contribution in [2.24, 2.45) is 16.7 Å². The van der Waals surface area contributed by atoms with Crippen LogP contribution in [-0.4, -0.2) is 24.2 Å². The number of hydrogen-bond acceptors (Lipinski definition) is 2. The Morgan fingerprint density at radius 3 is 2.57 bits per heavy atom. The van der Waals surface area contributed by atoms with E-state index in [4.69, 9.17) is 0 Å². The molecule has 2 aliphatic rings. The second kappa shape index (κ2) is 2.72. The van der Waals surface area contributed by atoms with Crippen LogP contribution in [0.15, 0.2) is 0 Å². The fraction of sp³-hybridized carbons (Fsp3) is 0.909. The zero-order valence-corrected chi connectivity index (χ0v) is 9.13. The van der Waals surface area contributed by atoms with E-state index in [-0.39, 0.29) is 11.3 Å². The number of carbonyl (C=O) groups excluding carboxylic acids is 1. The van der Waals surface area contributed by atoms with Crippen molar-refractivity contribution in [3.8, 4) is 0 Å². The normalized spacial score (nSPS) is 44.0. The Balaban J connectivity index is 2.35. The van der Waals surface area contributed by atoms with Gasteiger partial charge < -0.3 is 10.4 Å². The highest BCUT2D eigenvalue weighted by atomic mass is 16.3. The Bertz CT molecular complexity index is 274. The molecule has 2 N–H and O–H groups in total. The third-order valence-electron chi connectivity index (χ3n) is 4.51. The standard InChI is InChI=1S/C11H19NO2/c1-10(2)7-4-5-11(6-7,8(10)13)9(14)12-3/h7-8,13H,4-6H2,1-3H3,(H,12,14)/t7-,8+,11-/m0/s1. The molecule has 0 heterocycles. The zero-order chi connectivity index (χ0) is 10.6. The molecule has 3 heteroatoms. The van der Waals surface area contributed by atoms with Gasteiger partial charge in [0.2, 0.25) is 5.91 Å². The fourth-order valence-electron chi connectivity index (χ4n) is 3.47. The maximum Gasteiger partial charge on any atom is 0.228 e. The molecule has 2 saturated carbocycles. The lowest BCUT2D eigenvalue weighted by Crippen LogP contribution is -2.49. The van der Waals surface area contributed by atoms with Gasteiger partial charge in [0, 0.05) is 7.05 Å². The molecule has 0 aliphatic heterocycles. The van der Waals surface area contributed by atoms with Crippen LogP contribution in [0.1, 0.15) is 33.1 Å². The molecule has 2 fully saturated rings. The van der Waals surface area contributed by atoms with Crippen LogP contribution in [-0.2, 0) is 4.79 Å². The van der Waals surface area contributed by atoms with Crippen LogP contribution in [0, 0.1) is 16.7 Å². The molecule has 0 radical (unpaired) electrons. The Morgan fingerprint density at radius 1 is 1.50 bits per heavy atom. The molecule has 80 valence electrons. The van der Waals surface area contributed by atoms with Gasteiger partial charge in [-0.05, 0) is 30.6 Å². The van der Waals surface area contributed by atoms with Gasteiger partial charge in [0.1, 0.15) is 0 Å². The number of fused-ring (bicyclic) bond motifs is 2. The highest BCUT2D eigenvalue weighted by Crippen LogP contribution is 2.62. The summed E-state index contributed by atoms with van der Waals surface area (Å²) in [6.45, 7) is 4.15. The van der Waals surface area contributed by atoms with Gasteiger partial charge in [-0.1, -0.05) is 13.8 Å². The quantitative estimate of drug-likeness (QED) is 0.656. The number of aliphatic hydroxyl groups excluding tert-OH is 1. The molecule has 1 amide bonds. The van der Waals surface area contributed by atoms with Crippen molar-refractivity contribution in [2.45, 2.75) is 39.2 Å². The Kier molecular flexibility index (Phi) is 1.94. The minimum atomic E-state index is -0.483. The predicted octanol–water partition coefficient (Wildman–Crippen LogP) is 0.920. The lowest BCUT2D eigenvalue weighted by atomic mass is 9.69. The first kappa shape index (κ1) is 9.97. The molecule has 3 atom stereocenters. The molecule has 0 saturated heterocycles. The van der Waals surface area contributed by atoms with E-state index < -0.39 is 11.5 Å². The summed E-state index contributed by atoms with van der Waals surface area (Å²) in [6, 6.07) is 0. The maximum absolute atomic E-state index is 11.8. The first-order valence-corrected chi connectivity index (χ1v) is 5.35. The molecule has 0 spiro atoms. The van der Waals surface area contributed by atoms with Gasteiger partial charge >= 0.3 is 0 Å². The summed E-state index contributed by atoms with van der Waals surface area (Å²) >= 11 is 0. The van der Waals surface area contributed by atoms with Crippen LogP contribution >= 0.6 is 0 Å². The predicted molar refractivity (Wildman–Crippen MR) is 53.6 cm³/mol. The molecular formula is C11H19NO2. The fourth-order valence-corrected chi connectivity index (χ4v) is 3.47. The van der Waals surface area contributed by atoms with Crippen molar-refractivity contribution in [1.82, 2.24) is 5.32 Å². The molecule has 2 rings (SSSR count). The van der Waals surface area contributed by atoms with Crippen LogP contribution in [0.4, 0.5) is 0 Å². The van der Waals surface area contributed by atoms with E-state index in [0.717, 1.165) is 19.3 Å². The van der Waals surface area contributed by atoms with Crippen molar-refractivity contribution in [3.05, 3.63) is 0 Å². The number of rotatable bonds is 1. The topological polar surface area (TPSA) is 49.3 Å². The van der Waals surface area contributed by atoms with E-state index in [1.54, 1.807) is 7.05 Å². The Morgan fingerprint density at radius 2 is 2.14 bits per heavy atom. The van der Waals surface area contributed by atoms with Gasteiger partial charge in [-0.2, -0.15) is 0 Å². The van der Waals surface area contributed by atoms with E-state index >= 15 is 0 Å². The van der Waals surface area contributed by atoms with Crippen molar-refractivity contribution in [1.29, 1.82) is 0 Å². The minimum absolute atomic E-state index is 0.0260. The first-order chi connectivity index (χ1) is 6.45. The second-order valence-corrected chi connectivity index (χ2v) is 5.40. The van der Waals surface area contributed by atoms with E-state index in [1.165, 1.54) is 0 Å². The average molecular weight is 197 g/mol. The molecule has 0 unspecified atom stereocenters.